The number of hydrogen-bond donors (Lipinski definition) is 2. The molecule has 2 aromatic rings. The average molecular weight is 431 g/mol. The van der Waals surface area contributed by atoms with Gasteiger partial charge in [0.25, 0.3) is 0 Å². The second-order valence-electron chi connectivity index (χ2n) is 6.21. The number of ether oxygens (including phenoxy) is 2. The van der Waals surface area contributed by atoms with Crippen LogP contribution in [0.1, 0.15) is 23.3 Å². The number of carbonyl (C=O) groups excluding carboxylic acids is 1. The Hall–Kier alpha value is -3.02. The van der Waals surface area contributed by atoms with Crippen LogP contribution in [0.2, 0.25) is 0 Å². The van der Waals surface area contributed by atoms with Crippen LogP contribution in [0.4, 0.5) is 24.7 Å². The second-order valence-corrected chi connectivity index (χ2v) is 8.12. The van der Waals surface area contributed by atoms with Gasteiger partial charge in [-0.3, -0.25) is 0 Å². The van der Waals surface area contributed by atoms with Crippen LogP contribution in [0.5, 0.6) is 5.75 Å². The number of sulfone groups is 1. The highest BCUT2D eigenvalue weighted by Crippen LogP contribution is 2.34. The maximum Gasteiger partial charge on any atom is 0.573 e. The van der Waals surface area contributed by atoms with Gasteiger partial charge in [-0.1, -0.05) is 0 Å². The minimum Gasteiger partial charge on any atom is -0.464 e. The van der Waals surface area contributed by atoms with Crippen molar-refractivity contribution in [2.75, 3.05) is 18.2 Å². The van der Waals surface area contributed by atoms with Crippen molar-refractivity contribution in [2.45, 2.75) is 35.0 Å². The van der Waals surface area contributed by atoms with E-state index in [1.807, 2.05) is 0 Å². The largest absolute Gasteiger partial charge is 0.573 e. The van der Waals surface area contributed by atoms with Crippen LogP contribution >= 0.6 is 0 Å². The Morgan fingerprint density at radius 1 is 1.24 bits per heavy atom. The normalized spacial score (nSPS) is 14.3. The summed E-state index contributed by atoms with van der Waals surface area (Å²) >= 11 is 0. The molecule has 1 aliphatic carbocycles. The molecule has 156 valence electrons. The quantitative estimate of drug-likeness (QED) is 0.670. The van der Waals surface area contributed by atoms with Crippen LogP contribution in [-0.2, 0) is 14.6 Å². The zero-order chi connectivity index (χ0) is 21.4. The van der Waals surface area contributed by atoms with Gasteiger partial charge in [-0.2, -0.15) is 0 Å². The molecule has 1 fully saturated rings. The van der Waals surface area contributed by atoms with Crippen molar-refractivity contribution in [1.29, 1.82) is 0 Å². The molecule has 0 saturated heterocycles. The number of methoxy groups -OCH3 is 1. The number of anilines is 2. The average Bonchev–Trinajstić information content (AvgIpc) is 3.45. The van der Waals surface area contributed by atoms with E-state index in [0.29, 0.717) is 0 Å². The third-order valence-corrected chi connectivity index (χ3v) is 5.75. The van der Waals surface area contributed by atoms with E-state index in [-0.39, 0.29) is 33.0 Å². The topological polar surface area (TPSA) is 121 Å². The molecule has 0 spiro atoms. The number of carbonyl (C=O) groups is 1. The molecular weight excluding hydrogens is 415 g/mol. The van der Waals surface area contributed by atoms with Gasteiger partial charge in [0.1, 0.15) is 16.5 Å². The van der Waals surface area contributed by atoms with Gasteiger partial charge in [-0.25, -0.2) is 18.2 Å². The predicted molar refractivity (Wildman–Crippen MR) is 95.2 cm³/mol. The van der Waals surface area contributed by atoms with Crippen molar-refractivity contribution < 1.29 is 35.9 Å². The van der Waals surface area contributed by atoms with Gasteiger partial charge in [0.2, 0.25) is 9.84 Å². The Morgan fingerprint density at radius 2 is 1.86 bits per heavy atom. The summed E-state index contributed by atoms with van der Waals surface area (Å²) in [6.45, 7) is 0. The number of rotatable bonds is 6. The van der Waals surface area contributed by atoms with Crippen molar-refractivity contribution >= 4 is 27.3 Å². The molecule has 12 heteroatoms. The predicted octanol–water partition coefficient (Wildman–Crippen LogP) is 2.76. The standard InChI is InChI=1S/C17H16F3N3O5S/c1-27-16(24)14-12(21)8-13(15(23-14)22-9-2-3-9)29(25,26)11-6-4-10(5-7-11)28-17(18,19)20/h4-9H,2-3,21H2,1H3,(H,22,23). The number of nitrogens with zero attached hydrogens (tertiary/aromatic N) is 1. The number of pyridine rings is 1. The molecule has 8 nitrogen and oxygen atoms in total. The number of nitrogens with one attached hydrogen (secondary N) is 1. The maximum absolute atomic E-state index is 13.0. The highest BCUT2D eigenvalue weighted by molar-refractivity contribution is 7.91. The highest BCUT2D eigenvalue weighted by Gasteiger charge is 2.32. The van der Waals surface area contributed by atoms with E-state index in [4.69, 9.17) is 5.73 Å². The first-order chi connectivity index (χ1) is 13.5. The summed E-state index contributed by atoms with van der Waals surface area (Å²) < 4.78 is 71.3. The van der Waals surface area contributed by atoms with E-state index in [2.05, 4.69) is 19.8 Å². The number of nitrogens with two attached hydrogens (primary N) is 1. The van der Waals surface area contributed by atoms with Gasteiger partial charge in [0.05, 0.1) is 17.7 Å². The van der Waals surface area contributed by atoms with Crippen LogP contribution in [0, 0.1) is 0 Å². The molecule has 1 heterocycles. The Labute approximate surface area is 163 Å². The molecule has 0 bridgehead atoms. The number of aromatic nitrogens is 1. The summed E-state index contributed by atoms with van der Waals surface area (Å²) in [5.74, 6) is -1.48. The molecule has 0 unspecified atom stereocenters. The first kappa shape index (κ1) is 20.7. The summed E-state index contributed by atoms with van der Waals surface area (Å²) in [5, 5.41) is 2.92. The third kappa shape index (κ3) is 4.70. The Kier molecular flexibility index (Phi) is 5.30. The van der Waals surface area contributed by atoms with Crippen molar-refractivity contribution in [1.82, 2.24) is 4.98 Å². The summed E-state index contributed by atoms with van der Waals surface area (Å²) in [6.07, 6.45) is -3.31. The van der Waals surface area contributed by atoms with Crippen molar-refractivity contribution in [3.8, 4) is 5.75 Å². The summed E-state index contributed by atoms with van der Waals surface area (Å²) in [6, 6.07) is 4.78. The van der Waals surface area contributed by atoms with Crippen LogP contribution in [0.3, 0.4) is 0 Å². The molecule has 0 radical (unpaired) electrons. The van der Waals surface area contributed by atoms with E-state index in [9.17, 15) is 26.4 Å². The van der Waals surface area contributed by atoms with Gasteiger partial charge >= 0.3 is 12.3 Å². The van der Waals surface area contributed by atoms with Crippen LogP contribution in [-0.4, -0.2) is 38.9 Å². The van der Waals surface area contributed by atoms with Crippen LogP contribution in [0.25, 0.3) is 0 Å². The van der Waals surface area contributed by atoms with E-state index in [1.165, 1.54) is 0 Å². The first-order valence-electron chi connectivity index (χ1n) is 8.27. The van der Waals surface area contributed by atoms with E-state index < -0.39 is 27.9 Å². The lowest BCUT2D eigenvalue weighted by Gasteiger charge is -2.15. The number of hydrogen-bond acceptors (Lipinski definition) is 8. The van der Waals surface area contributed by atoms with Gasteiger partial charge in [0.15, 0.2) is 5.69 Å². The fourth-order valence-corrected chi connectivity index (χ4v) is 3.84. The molecule has 0 aliphatic heterocycles. The third-order valence-electron chi connectivity index (χ3n) is 3.97. The summed E-state index contributed by atoms with van der Waals surface area (Å²) in [7, 11) is -3.08. The smallest absolute Gasteiger partial charge is 0.464 e. The summed E-state index contributed by atoms with van der Waals surface area (Å²) in [5.41, 5.74) is 5.32. The summed E-state index contributed by atoms with van der Waals surface area (Å²) in [4.78, 5) is 15.2. The fraction of sp³-hybridized carbons (Fsp3) is 0.294. The molecular formula is C17H16F3N3O5S. The number of benzene rings is 1. The minimum absolute atomic E-state index is 0.00636. The Balaban J connectivity index is 2.03. The number of esters is 1. The van der Waals surface area contributed by atoms with Crippen molar-refractivity contribution in [3.63, 3.8) is 0 Å². The van der Waals surface area contributed by atoms with E-state index >= 15 is 0 Å². The highest BCUT2D eigenvalue weighted by atomic mass is 32.2. The molecule has 1 aromatic heterocycles. The molecule has 3 N–H and O–H groups in total. The number of alkyl halides is 3. The molecule has 1 aromatic carbocycles. The van der Waals surface area contributed by atoms with Gasteiger partial charge < -0.3 is 20.5 Å². The maximum atomic E-state index is 13.0. The zero-order valence-corrected chi connectivity index (χ0v) is 15.8. The number of nitrogen functional groups attached to an aromatic ring is 1. The lowest BCUT2D eigenvalue weighted by Crippen LogP contribution is -2.17. The molecule has 3 rings (SSSR count). The van der Waals surface area contributed by atoms with E-state index in [1.54, 1.807) is 0 Å². The Morgan fingerprint density at radius 3 is 2.38 bits per heavy atom. The first-order valence-corrected chi connectivity index (χ1v) is 9.76. The SMILES string of the molecule is COC(=O)c1nc(NC2CC2)c(S(=O)(=O)c2ccc(OC(F)(F)F)cc2)cc1N. The Bertz CT molecular complexity index is 1040. The van der Waals surface area contributed by atoms with Crippen LogP contribution in [0.15, 0.2) is 40.1 Å². The lowest BCUT2D eigenvalue weighted by atomic mass is 10.3. The minimum atomic E-state index is -4.90. The van der Waals surface area contributed by atoms with Gasteiger partial charge in [-0.05, 0) is 43.2 Å². The van der Waals surface area contributed by atoms with Crippen molar-refractivity contribution in [3.05, 3.63) is 36.0 Å². The molecule has 0 atom stereocenters. The zero-order valence-electron chi connectivity index (χ0n) is 15.0. The van der Waals surface area contributed by atoms with Crippen molar-refractivity contribution in [2.24, 2.45) is 0 Å². The second kappa shape index (κ2) is 7.43. The monoisotopic (exact) mass is 431 g/mol. The van der Waals surface area contributed by atoms with Gasteiger partial charge in [-0.15, -0.1) is 13.2 Å². The lowest BCUT2D eigenvalue weighted by molar-refractivity contribution is -0.274. The number of halogens is 3. The van der Waals surface area contributed by atoms with Crippen LogP contribution < -0.4 is 15.8 Å². The molecule has 1 saturated carbocycles. The molecule has 0 amide bonds. The van der Waals surface area contributed by atoms with Gasteiger partial charge in [0, 0.05) is 6.04 Å². The molecule has 29 heavy (non-hydrogen) atoms. The molecule has 1 aliphatic rings. The fourth-order valence-electron chi connectivity index (χ4n) is 2.45. The van der Waals surface area contributed by atoms with E-state index in [0.717, 1.165) is 50.3 Å².